The number of amides is 1. The Hall–Kier alpha value is -1.22. The molecular formula is C8H6BrF3N2O3. The Labute approximate surface area is 102 Å². The van der Waals surface area contributed by atoms with Crippen LogP contribution in [0.5, 0.6) is 0 Å². The van der Waals surface area contributed by atoms with Crippen LogP contribution in [0.2, 0.25) is 0 Å². The van der Waals surface area contributed by atoms with E-state index in [1.165, 1.54) is 12.2 Å². The summed E-state index contributed by atoms with van der Waals surface area (Å²) in [7, 11) is 1.05. The lowest BCUT2D eigenvalue weighted by Crippen LogP contribution is -2.31. The molecule has 1 amide bonds. The van der Waals surface area contributed by atoms with Crippen LogP contribution in [-0.2, 0) is 9.47 Å². The average molecular weight is 315 g/mol. The molecule has 0 aliphatic carbocycles. The van der Waals surface area contributed by atoms with Crippen LogP contribution in [0.1, 0.15) is 0 Å². The molecule has 0 fully saturated rings. The molecule has 1 heterocycles. The van der Waals surface area contributed by atoms with Crippen LogP contribution >= 0.6 is 15.9 Å². The number of halogens is 4. The van der Waals surface area contributed by atoms with E-state index < -0.39 is 18.7 Å². The van der Waals surface area contributed by atoms with Crippen LogP contribution < -0.4 is 0 Å². The van der Waals surface area contributed by atoms with Crippen molar-refractivity contribution < 1.29 is 27.4 Å². The van der Waals surface area contributed by atoms with Crippen LogP contribution in [0.15, 0.2) is 22.1 Å². The standard InChI is InChI=1S/C8H6BrF3N2O3/c1-16-7(15)13-4-2-3-5(9)14-6(4)17-8(10,11)12/h2-3,6H,1H3/b13-4+/t6-/m1/s1. The largest absolute Gasteiger partial charge is 0.524 e. The van der Waals surface area contributed by atoms with Gasteiger partial charge in [0, 0.05) is 0 Å². The van der Waals surface area contributed by atoms with Crippen molar-refractivity contribution in [3.8, 4) is 0 Å². The van der Waals surface area contributed by atoms with E-state index in [0.717, 1.165) is 7.11 Å². The van der Waals surface area contributed by atoms with Crippen molar-refractivity contribution in [3.05, 3.63) is 12.2 Å². The molecular weight excluding hydrogens is 309 g/mol. The number of methoxy groups -OCH3 is 1. The van der Waals surface area contributed by atoms with Gasteiger partial charge >= 0.3 is 12.5 Å². The zero-order valence-corrected chi connectivity index (χ0v) is 9.95. The third kappa shape index (κ3) is 4.65. The van der Waals surface area contributed by atoms with Gasteiger partial charge in [-0.1, -0.05) is 0 Å². The van der Waals surface area contributed by atoms with E-state index in [1.54, 1.807) is 0 Å². The van der Waals surface area contributed by atoms with Crippen molar-refractivity contribution in [2.75, 3.05) is 7.11 Å². The highest BCUT2D eigenvalue weighted by Gasteiger charge is 2.36. The topological polar surface area (TPSA) is 60.2 Å². The fourth-order valence-corrected chi connectivity index (χ4v) is 1.23. The van der Waals surface area contributed by atoms with Crippen LogP contribution in [0.3, 0.4) is 0 Å². The molecule has 1 aliphatic rings. The first-order valence-electron chi connectivity index (χ1n) is 4.14. The first-order valence-corrected chi connectivity index (χ1v) is 4.93. The third-order valence-electron chi connectivity index (χ3n) is 1.53. The maximum absolute atomic E-state index is 12.1. The Morgan fingerprint density at radius 2 is 2.18 bits per heavy atom. The van der Waals surface area contributed by atoms with Gasteiger partial charge in [-0.2, -0.15) is 4.99 Å². The normalized spacial score (nSPS) is 22.5. The second-order valence-corrected chi connectivity index (χ2v) is 3.52. The minimum absolute atomic E-state index is 0.149. The number of dihydropyridines is 1. The molecule has 0 aromatic rings. The van der Waals surface area contributed by atoms with Crippen molar-refractivity contribution in [1.82, 2.24) is 0 Å². The number of carbonyl (C=O) groups is 1. The molecule has 0 saturated carbocycles. The lowest BCUT2D eigenvalue weighted by molar-refractivity contribution is -0.332. The van der Waals surface area contributed by atoms with Gasteiger partial charge in [-0.15, -0.1) is 13.2 Å². The molecule has 5 nitrogen and oxygen atoms in total. The third-order valence-corrected chi connectivity index (χ3v) is 1.99. The summed E-state index contributed by atoms with van der Waals surface area (Å²) in [4.78, 5) is 17.6. The number of allylic oxidation sites excluding steroid dienone is 1. The van der Waals surface area contributed by atoms with Crippen molar-refractivity contribution in [2.45, 2.75) is 12.6 Å². The Balaban J connectivity index is 2.92. The zero-order valence-electron chi connectivity index (χ0n) is 8.36. The lowest BCUT2D eigenvalue weighted by atomic mass is 10.2. The molecule has 0 aromatic heterocycles. The second kappa shape index (κ2) is 5.41. The van der Waals surface area contributed by atoms with Gasteiger partial charge in [0.2, 0.25) is 6.23 Å². The Bertz CT molecular complexity index is 403. The molecule has 1 rings (SSSR count). The number of nitrogens with zero attached hydrogens (tertiary/aromatic N) is 2. The van der Waals surface area contributed by atoms with Crippen LogP contribution in [0.25, 0.3) is 0 Å². The maximum atomic E-state index is 12.1. The Kier molecular flexibility index (Phi) is 4.40. The highest BCUT2D eigenvalue weighted by Crippen LogP contribution is 2.22. The van der Waals surface area contributed by atoms with Gasteiger partial charge in [0.15, 0.2) is 0 Å². The molecule has 0 bridgehead atoms. The average Bonchev–Trinajstić information content (AvgIpc) is 2.19. The number of carbonyl (C=O) groups excluding carboxylic acids is 1. The van der Waals surface area contributed by atoms with Gasteiger partial charge < -0.3 is 4.74 Å². The Morgan fingerprint density at radius 3 is 2.71 bits per heavy atom. The molecule has 1 aliphatic heterocycles. The number of hydrogen-bond acceptors (Lipinski definition) is 4. The predicted molar refractivity (Wildman–Crippen MR) is 56.3 cm³/mol. The predicted octanol–water partition coefficient (Wildman–Crippen LogP) is 2.42. The highest BCUT2D eigenvalue weighted by molar-refractivity contribution is 9.18. The summed E-state index contributed by atoms with van der Waals surface area (Å²) in [5, 5.41) is 0. The van der Waals surface area contributed by atoms with Crippen molar-refractivity contribution >= 4 is 32.4 Å². The van der Waals surface area contributed by atoms with Crippen LogP contribution in [0.4, 0.5) is 18.0 Å². The Morgan fingerprint density at radius 1 is 1.53 bits per heavy atom. The highest BCUT2D eigenvalue weighted by atomic mass is 79.9. The summed E-state index contributed by atoms with van der Waals surface area (Å²) in [5.41, 5.74) is -0.294. The van der Waals surface area contributed by atoms with E-state index >= 15 is 0 Å². The number of ether oxygens (including phenoxy) is 2. The van der Waals surface area contributed by atoms with Crippen LogP contribution in [0, 0.1) is 0 Å². The minimum atomic E-state index is -4.89. The van der Waals surface area contributed by atoms with Gasteiger partial charge in [0.1, 0.15) is 4.62 Å². The van der Waals surface area contributed by atoms with Crippen molar-refractivity contribution in [1.29, 1.82) is 0 Å². The molecule has 9 heteroatoms. The van der Waals surface area contributed by atoms with Crippen LogP contribution in [-0.4, -0.2) is 36.1 Å². The summed E-state index contributed by atoms with van der Waals surface area (Å²) in [6.07, 6.45) is -5.14. The molecule has 0 N–H and O–H groups in total. The zero-order chi connectivity index (χ0) is 13.1. The molecule has 17 heavy (non-hydrogen) atoms. The van der Waals surface area contributed by atoms with Gasteiger partial charge in [0.25, 0.3) is 0 Å². The van der Waals surface area contributed by atoms with Crippen molar-refractivity contribution in [2.24, 2.45) is 9.98 Å². The summed E-state index contributed by atoms with van der Waals surface area (Å²) in [6.45, 7) is 0. The first-order chi connectivity index (χ1) is 7.81. The van der Waals surface area contributed by atoms with E-state index in [9.17, 15) is 18.0 Å². The van der Waals surface area contributed by atoms with Gasteiger partial charge in [-0.3, -0.25) is 4.74 Å². The SMILES string of the molecule is COC(=O)/N=C1\C=CC(Br)=N[C@@H]1OC(F)(F)F. The molecule has 0 radical (unpaired) electrons. The summed E-state index contributed by atoms with van der Waals surface area (Å²) in [5.74, 6) is 0. The summed E-state index contributed by atoms with van der Waals surface area (Å²) in [6, 6.07) is 0. The smallest absolute Gasteiger partial charge is 0.451 e. The number of aliphatic imine (C=N–C) groups is 2. The van der Waals surface area contributed by atoms with E-state index in [4.69, 9.17) is 0 Å². The van der Waals surface area contributed by atoms with Gasteiger partial charge in [-0.05, 0) is 28.1 Å². The molecule has 1 atom stereocenters. The fourth-order valence-electron chi connectivity index (χ4n) is 0.914. The second-order valence-electron chi connectivity index (χ2n) is 2.71. The number of rotatable bonds is 1. The quantitative estimate of drug-likeness (QED) is 0.746. The van der Waals surface area contributed by atoms with E-state index in [0.29, 0.717) is 0 Å². The fraction of sp³-hybridized carbons (Fsp3) is 0.375. The van der Waals surface area contributed by atoms with Gasteiger partial charge in [0.05, 0.1) is 12.8 Å². The summed E-state index contributed by atoms with van der Waals surface area (Å²) < 4.78 is 44.2. The molecule has 0 aromatic carbocycles. The number of alkyl halides is 3. The maximum Gasteiger partial charge on any atom is 0.524 e. The minimum Gasteiger partial charge on any atom is -0.451 e. The molecule has 0 unspecified atom stereocenters. The first kappa shape index (κ1) is 13.8. The van der Waals surface area contributed by atoms with E-state index in [1.807, 2.05) is 0 Å². The monoisotopic (exact) mass is 314 g/mol. The van der Waals surface area contributed by atoms with Crippen molar-refractivity contribution in [3.63, 3.8) is 0 Å². The molecule has 0 spiro atoms. The lowest BCUT2D eigenvalue weighted by Gasteiger charge is -2.18. The van der Waals surface area contributed by atoms with E-state index in [-0.39, 0.29) is 10.3 Å². The van der Waals surface area contributed by atoms with E-state index in [2.05, 4.69) is 35.4 Å². The molecule has 94 valence electrons. The van der Waals surface area contributed by atoms with Gasteiger partial charge in [-0.25, -0.2) is 9.79 Å². The molecule has 0 saturated heterocycles. The summed E-state index contributed by atoms with van der Waals surface area (Å²) >= 11 is 2.89. The number of hydrogen-bond donors (Lipinski definition) is 0.